The van der Waals surface area contributed by atoms with E-state index in [9.17, 15) is 0 Å². The Hall–Kier alpha value is -2.24. The van der Waals surface area contributed by atoms with Gasteiger partial charge >= 0.3 is 0 Å². The molecule has 2 aromatic rings. The molecular formula is C11H13N5O. The third kappa shape index (κ3) is 2.15. The lowest BCUT2D eigenvalue weighted by Gasteiger charge is -2.06. The van der Waals surface area contributed by atoms with Crippen LogP contribution < -0.4 is 10.5 Å². The van der Waals surface area contributed by atoms with Gasteiger partial charge in [0, 0.05) is 17.3 Å². The SMILES string of the molecule is COc1cc(-c2nc(C)c(C)c(N)n2)ncn1. The molecule has 0 spiro atoms. The Balaban J connectivity index is 2.52. The van der Waals surface area contributed by atoms with Gasteiger partial charge in [-0.3, -0.25) is 0 Å². The van der Waals surface area contributed by atoms with Crippen LogP contribution in [0.4, 0.5) is 5.82 Å². The molecule has 0 radical (unpaired) electrons. The molecule has 17 heavy (non-hydrogen) atoms. The molecule has 0 unspecified atom stereocenters. The number of nitrogens with two attached hydrogens (primary N) is 1. The molecule has 0 bridgehead atoms. The van der Waals surface area contributed by atoms with E-state index in [2.05, 4.69) is 19.9 Å². The van der Waals surface area contributed by atoms with E-state index in [1.807, 2.05) is 13.8 Å². The summed E-state index contributed by atoms with van der Waals surface area (Å²) in [7, 11) is 1.54. The van der Waals surface area contributed by atoms with Crippen LogP contribution in [0.3, 0.4) is 0 Å². The molecule has 6 nitrogen and oxygen atoms in total. The van der Waals surface area contributed by atoms with Crippen molar-refractivity contribution in [1.82, 2.24) is 19.9 Å². The first-order valence-corrected chi connectivity index (χ1v) is 5.09. The number of nitrogens with zero attached hydrogens (tertiary/aromatic N) is 4. The number of anilines is 1. The summed E-state index contributed by atoms with van der Waals surface area (Å²) in [5.74, 6) is 1.41. The summed E-state index contributed by atoms with van der Waals surface area (Å²) in [6.45, 7) is 3.77. The van der Waals surface area contributed by atoms with Crippen molar-refractivity contribution >= 4 is 5.82 Å². The highest BCUT2D eigenvalue weighted by molar-refractivity contribution is 5.55. The van der Waals surface area contributed by atoms with E-state index >= 15 is 0 Å². The second-order valence-corrected chi connectivity index (χ2v) is 3.59. The predicted octanol–water partition coefficient (Wildman–Crippen LogP) is 1.14. The average Bonchev–Trinajstić information content (AvgIpc) is 2.35. The van der Waals surface area contributed by atoms with Crippen LogP contribution in [0, 0.1) is 13.8 Å². The second-order valence-electron chi connectivity index (χ2n) is 3.59. The van der Waals surface area contributed by atoms with Crippen molar-refractivity contribution in [2.45, 2.75) is 13.8 Å². The van der Waals surface area contributed by atoms with Crippen LogP contribution in [-0.2, 0) is 0 Å². The van der Waals surface area contributed by atoms with Crippen LogP contribution in [0.1, 0.15) is 11.3 Å². The Bertz CT molecular complexity index is 532. The number of aromatic nitrogens is 4. The number of ether oxygens (including phenoxy) is 1. The monoisotopic (exact) mass is 231 g/mol. The standard InChI is InChI=1S/C11H13N5O/c1-6-7(2)15-11(16-10(6)12)8-4-9(17-3)14-5-13-8/h4-5H,1-3H3,(H2,12,15,16). The summed E-state index contributed by atoms with van der Waals surface area (Å²) >= 11 is 0. The Morgan fingerprint density at radius 2 is 1.94 bits per heavy atom. The lowest BCUT2D eigenvalue weighted by Crippen LogP contribution is -2.03. The average molecular weight is 231 g/mol. The van der Waals surface area contributed by atoms with E-state index < -0.39 is 0 Å². The van der Waals surface area contributed by atoms with Crippen LogP contribution in [0.25, 0.3) is 11.5 Å². The largest absolute Gasteiger partial charge is 0.481 e. The fourth-order valence-corrected chi connectivity index (χ4v) is 1.34. The molecular weight excluding hydrogens is 218 g/mol. The Labute approximate surface area is 98.9 Å². The van der Waals surface area contributed by atoms with Gasteiger partial charge in [0.2, 0.25) is 5.88 Å². The number of methoxy groups -OCH3 is 1. The van der Waals surface area contributed by atoms with Gasteiger partial charge in [0.05, 0.1) is 7.11 Å². The van der Waals surface area contributed by atoms with E-state index in [1.165, 1.54) is 6.33 Å². The molecule has 2 aromatic heterocycles. The maximum Gasteiger partial charge on any atom is 0.216 e. The topological polar surface area (TPSA) is 86.8 Å². The van der Waals surface area contributed by atoms with Crippen molar-refractivity contribution in [3.05, 3.63) is 23.7 Å². The van der Waals surface area contributed by atoms with Gasteiger partial charge < -0.3 is 10.5 Å². The molecule has 88 valence electrons. The minimum Gasteiger partial charge on any atom is -0.481 e. The molecule has 0 aliphatic heterocycles. The first kappa shape index (κ1) is 11.3. The van der Waals surface area contributed by atoms with Gasteiger partial charge in [-0.1, -0.05) is 0 Å². The fourth-order valence-electron chi connectivity index (χ4n) is 1.34. The first-order valence-electron chi connectivity index (χ1n) is 5.09. The smallest absolute Gasteiger partial charge is 0.216 e. The van der Waals surface area contributed by atoms with Gasteiger partial charge in [0.25, 0.3) is 0 Å². The van der Waals surface area contributed by atoms with Gasteiger partial charge in [-0.2, -0.15) is 0 Å². The van der Waals surface area contributed by atoms with Crippen molar-refractivity contribution in [2.75, 3.05) is 12.8 Å². The highest BCUT2D eigenvalue weighted by Crippen LogP contribution is 2.19. The fraction of sp³-hybridized carbons (Fsp3) is 0.273. The van der Waals surface area contributed by atoms with Gasteiger partial charge in [0.1, 0.15) is 17.8 Å². The van der Waals surface area contributed by atoms with Gasteiger partial charge in [-0.25, -0.2) is 19.9 Å². The van der Waals surface area contributed by atoms with Gasteiger partial charge in [-0.15, -0.1) is 0 Å². The van der Waals surface area contributed by atoms with E-state index in [0.29, 0.717) is 23.2 Å². The van der Waals surface area contributed by atoms with Crippen LogP contribution >= 0.6 is 0 Å². The molecule has 0 saturated carbocycles. The van der Waals surface area contributed by atoms with Crippen molar-refractivity contribution in [3.63, 3.8) is 0 Å². The molecule has 2 N–H and O–H groups in total. The molecule has 0 aliphatic carbocycles. The van der Waals surface area contributed by atoms with Crippen LogP contribution in [0.5, 0.6) is 5.88 Å². The summed E-state index contributed by atoms with van der Waals surface area (Å²) in [5, 5.41) is 0. The first-order chi connectivity index (χ1) is 8.11. The number of hydrogen-bond donors (Lipinski definition) is 1. The number of hydrogen-bond acceptors (Lipinski definition) is 6. The van der Waals surface area contributed by atoms with E-state index in [4.69, 9.17) is 10.5 Å². The van der Waals surface area contributed by atoms with E-state index in [1.54, 1.807) is 13.2 Å². The Morgan fingerprint density at radius 1 is 1.18 bits per heavy atom. The summed E-state index contributed by atoms with van der Waals surface area (Å²) < 4.78 is 5.02. The third-order valence-corrected chi connectivity index (χ3v) is 2.51. The molecule has 2 heterocycles. The van der Waals surface area contributed by atoms with Crippen LogP contribution in [0.2, 0.25) is 0 Å². The lowest BCUT2D eigenvalue weighted by molar-refractivity contribution is 0.397. The minimum absolute atomic E-state index is 0.463. The third-order valence-electron chi connectivity index (χ3n) is 2.51. The van der Waals surface area contributed by atoms with Crippen LogP contribution in [-0.4, -0.2) is 27.0 Å². The molecule has 0 amide bonds. The summed E-state index contributed by atoms with van der Waals surface area (Å²) in [6.07, 6.45) is 1.41. The minimum atomic E-state index is 0.463. The molecule has 6 heteroatoms. The van der Waals surface area contributed by atoms with E-state index in [0.717, 1.165) is 11.3 Å². The highest BCUT2D eigenvalue weighted by atomic mass is 16.5. The maximum atomic E-state index is 5.80. The summed E-state index contributed by atoms with van der Waals surface area (Å²) in [4.78, 5) is 16.6. The molecule has 0 aliphatic rings. The quantitative estimate of drug-likeness (QED) is 0.834. The zero-order valence-corrected chi connectivity index (χ0v) is 9.93. The number of rotatable bonds is 2. The Kier molecular flexibility index (Phi) is 2.86. The van der Waals surface area contributed by atoms with Crippen molar-refractivity contribution in [1.29, 1.82) is 0 Å². The summed E-state index contributed by atoms with van der Waals surface area (Å²) in [6, 6.07) is 1.67. The maximum absolute atomic E-state index is 5.80. The van der Waals surface area contributed by atoms with Crippen molar-refractivity contribution in [3.8, 4) is 17.4 Å². The molecule has 2 rings (SSSR count). The highest BCUT2D eigenvalue weighted by Gasteiger charge is 2.09. The molecule has 0 atom stereocenters. The molecule has 0 fully saturated rings. The number of nitrogen functional groups attached to an aromatic ring is 1. The van der Waals surface area contributed by atoms with E-state index in [-0.39, 0.29) is 0 Å². The predicted molar refractivity (Wildman–Crippen MR) is 63.5 cm³/mol. The van der Waals surface area contributed by atoms with Gasteiger partial charge in [0.15, 0.2) is 5.82 Å². The lowest BCUT2D eigenvalue weighted by atomic mass is 10.2. The zero-order valence-electron chi connectivity index (χ0n) is 9.93. The molecule has 0 saturated heterocycles. The van der Waals surface area contributed by atoms with Gasteiger partial charge in [-0.05, 0) is 13.8 Å². The molecule has 0 aromatic carbocycles. The zero-order chi connectivity index (χ0) is 12.4. The van der Waals surface area contributed by atoms with Crippen LogP contribution in [0.15, 0.2) is 12.4 Å². The van der Waals surface area contributed by atoms with Crippen molar-refractivity contribution < 1.29 is 4.74 Å². The van der Waals surface area contributed by atoms with Crippen molar-refractivity contribution in [2.24, 2.45) is 0 Å². The normalized spacial score (nSPS) is 10.3. The Morgan fingerprint density at radius 3 is 2.59 bits per heavy atom. The second kappa shape index (κ2) is 4.32. The summed E-state index contributed by atoms with van der Waals surface area (Å²) in [5.41, 5.74) is 8.12. The number of aryl methyl sites for hydroxylation is 1.